The van der Waals surface area contributed by atoms with Crippen LogP contribution in [0.25, 0.3) is 180 Å². The Morgan fingerprint density at radius 1 is 0.155 bits per heavy atom. The normalized spacial score (nSPS) is 11.8. The molecule has 0 saturated carbocycles. The van der Waals surface area contributed by atoms with Gasteiger partial charge in [0.25, 0.3) is 0 Å². The summed E-state index contributed by atoms with van der Waals surface area (Å²) in [5, 5.41) is 15.2. The van der Waals surface area contributed by atoms with Crippen LogP contribution >= 0.6 is 45.3 Å². The van der Waals surface area contributed by atoms with Crippen LogP contribution in [0, 0.1) is 0 Å². The Hall–Kier alpha value is -13.0. The Bertz CT molecular complexity index is 7470. The minimum Gasteiger partial charge on any atom is -0.310 e. The smallest absolute Gasteiger partial charge is 0.0467 e. The molecule has 2 nitrogen and oxygen atoms in total. The van der Waals surface area contributed by atoms with Gasteiger partial charge in [0.05, 0.1) is 0 Å². The van der Waals surface area contributed by atoms with Crippen molar-refractivity contribution in [3.63, 3.8) is 0 Å². The van der Waals surface area contributed by atoms with Crippen molar-refractivity contribution in [2.45, 2.75) is 0 Å². The number of nitrogens with zero attached hydrogens (tertiary/aromatic N) is 2. The predicted octanol–water partition coefficient (Wildman–Crippen LogP) is 32.1. The molecule has 4 aromatic heterocycles. The molecular weight excluding hydrogens is 1410 g/mol. The van der Waals surface area contributed by atoms with Gasteiger partial charge in [0, 0.05) is 115 Å². The van der Waals surface area contributed by atoms with Gasteiger partial charge in [0.1, 0.15) is 0 Å². The number of hydrogen-bond donors (Lipinski definition) is 0. The maximum absolute atomic E-state index is 2.45. The molecular formula is C104H64N2S4. The summed E-state index contributed by atoms with van der Waals surface area (Å²) in [5.41, 5.74) is 23.2. The van der Waals surface area contributed by atoms with Crippen molar-refractivity contribution >= 4 is 182 Å². The summed E-state index contributed by atoms with van der Waals surface area (Å²) in [4.78, 5) is 4.89. The lowest BCUT2D eigenvalue weighted by Crippen LogP contribution is -2.10. The highest BCUT2D eigenvalue weighted by atomic mass is 32.1. The monoisotopic (exact) mass is 1470 g/mol. The van der Waals surface area contributed by atoms with Gasteiger partial charge in [0.15, 0.2) is 0 Å². The zero-order valence-electron chi connectivity index (χ0n) is 59.5. The van der Waals surface area contributed by atoms with Crippen molar-refractivity contribution in [1.29, 1.82) is 0 Å². The highest BCUT2D eigenvalue weighted by Crippen LogP contribution is 2.50. The summed E-state index contributed by atoms with van der Waals surface area (Å²) < 4.78 is 10.4. The molecule has 6 heteroatoms. The number of benzene rings is 18. The third-order valence-corrected chi connectivity index (χ3v) is 26.9. The van der Waals surface area contributed by atoms with Crippen molar-refractivity contribution in [2.24, 2.45) is 0 Å². The molecule has 4 heterocycles. The predicted molar refractivity (Wildman–Crippen MR) is 480 cm³/mol. The molecule has 18 aromatic carbocycles. The highest BCUT2D eigenvalue weighted by molar-refractivity contribution is 7.27. The van der Waals surface area contributed by atoms with E-state index < -0.39 is 0 Å². The summed E-state index contributed by atoms with van der Waals surface area (Å²) in [6.07, 6.45) is 0. The lowest BCUT2D eigenvalue weighted by molar-refractivity contribution is 1.28. The summed E-state index contributed by atoms with van der Waals surface area (Å²) in [5.74, 6) is 0. The van der Waals surface area contributed by atoms with Gasteiger partial charge in [-0.25, -0.2) is 0 Å². The van der Waals surface area contributed by atoms with Gasteiger partial charge >= 0.3 is 0 Å². The quantitative estimate of drug-likeness (QED) is 0.114. The van der Waals surface area contributed by atoms with Crippen LogP contribution in [0.5, 0.6) is 0 Å². The molecule has 110 heavy (non-hydrogen) atoms. The molecule has 514 valence electrons. The third-order valence-electron chi connectivity index (χ3n) is 22.2. The summed E-state index contributed by atoms with van der Waals surface area (Å²) >= 11 is 7.50. The molecule has 22 aromatic rings. The van der Waals surface area contributed by atoms with Gasteiger partial charge in [0.2, 0.25) is 0 Å². The van der Waals surface area contributed by atoms with Crippen LogP contribution in [-0.2, 0) is 0 Å². The van der Waals surface area contributed by atoms with Crippen LogP contribution in [0.2, 0.25) is 0 Å². The fraction of sp³-hybridized carbons (Fsp3) is 0. The second kappa shape index (κ2) is 26.4. The maximum Gasteiger partial charge on any atom is 0.0467 e. The van der Waals surface area contributed by atoms with Crippen molar-refractivity contribution < 1.29 is 0 Å². The maximum atomic E-state index is 2.45. The second-order valence-corrected chi connectivity index (χ2v) is 32.9. The molecule has 0 unspecified atom stereocenters. The topological polar surface area (TPSA) is 6.48 Å². The first-order valence-electron chi connectivity index (χ1n) is 37.4. The van der Waals surface area contributed by atoms with Gasteiger partial charge in [-0.05, 0) is 233 Å². The summed E-state index contributed by atoms with van der Waals surface area (Å²) in [7, 11) is 0. The number of thiophene rings is 4. The first kappa shape index (κ1) is 64.2. The molecule has 22 rings (SSSR count). The fourth-order valence-electron chi connectivity index (χ4n) is 17.0. The van der Waals surface area contributed by atoms with Gasteiger partial charge in [-0.2, -0.15) is 0 Å². The Labute approximate surface area is 652 Å². The third kappa shape index (κ3) is 11.1. The highest BCUT2D eigenvalue weighted by Gasteiger charge is 2.23. The number of fused-ring (bicyclic) bond motifs is 14. The number of hydrogen-bond acceptors (Lipinski definition) is 6. The van der Waals surface area contributed by atoms with Gasteiger partial charge in [-0.15, -0.1) is 45.3 Å². The molecule has 0 radical (unpaired) electrons. The molecule has 0 spiro atoms. The van der Waals surface area contributed by atoms with Gasteiger partial charge < -0.3 is 9.80 Å². The van der Waals surface area contributed by atoms with Crippen LogP contribution in [0.4, 0.5) is 34.1 Å². The minimum atomic E-state index is 1.08. The van der Waals surface area contributed by atoms with Crippen LogP contribution in [0.1, 0.15) is 0 Å². The van der Waals surface area contributed by atoms with E-state index in [4.69, 9.17) is 0 Å². The van der Waals surface area contributed by atoms with Crippen LogP contribution in [0.3, 0.4) is 0 Å². The second-order valence-electron chi connectivity index (χ2n) is 28.6. The van der Waals surface area contributed by atoms with E-state index in [-0.39, 0.29) is 0 Å². The van der Waals surface area contributed by atoms with Gasteiger partial charge in [-0.3, -0.25) is 0 Å². The van der Waals surface area contributed by atoms with E-state index in [2.05, 4.69) is 398 Å². The molecule has 0 aliphatic rings. The minimum absolute atomic E-state index is 1.08. The average molecular weight is 1470 g/mol. The largest absolute Gasteiger partial charge is 0.310 e. The lowest BCUT2D eigenvalue weighted by atomic mass is 9.95. The Kier molecular flexibility index (Phi) is 15.4. The summed E-state index contributed by atoms with van der Waals surface area (Å²) in [6.45, 7) is 0. The van der Waals surface area contributed by atoms with E-state index in [1.165, 1.54) is 158 Å². The molecule has 0 amide bonds. The molecule has 0 fully saturated rings. The molecule has 0 N–H and O–H groups in total. The van der Waals surface area contributed by atoms with E-state index in [0.29, 0.717) is 0 Å². The van der Waals surface area contributed by atoms with Crippen molar-refractivity contribution in [1.82, 2.24) is 0 Å². The van der Waals surface area contributed by atoms with Crippen molar-refractivity contribution in [3.05, 3.63) is 388 Å². The van der Waals surface area contributed by atoms with E-state index >= 15 is 0 Å². The molecule has 0 aliphatic carbocycles. The molecule has 0 saturated heterocycles. The molecule has 0 aliphatic heterocycles. The van der Waals surface area contributed by atoms with Gasteiger partial charge in [-0.1, -0.05) is 255 Å². The number of rotatable bonds is 13. The molecule has 0 bridgehead atoms. The zero-order valence-corrected chi connectivity index (χ0v) is 62.7. The Morgan fingerprint density at radius 2 is 0.455 bits per heavy atom. The number of anilines is 6. The Balaban J connectivity index is 0.612. The van der Waals surface area contributed by atoms with E-state index in [9.17, 15) is 0 Å². The first-order chi connectivity index (χ1) is 54.5. The standard InChI is InChI=1S/C104H64N2S4/c1-2-20-66-55-70(48-47-65(66)19-1)67-21-9-27-79(58-67)105(81-29-11-23-69(60-81)74-53-54-98-94(64-74)90-34-4-6-42-95(90)107-98)82-30-13-25-76(62-82)86-37-18-46-100-102(86)93-41-16-39-88(104(93)110-100)78-52-51-72-56-71(49-50-73(72)57-78)68-22-10-28-80(59-68)106(83-31-12-24-75(61-83)85-36-17-45-99-101(85)92-35-5-8-44-97(92)108-99)84-32-14-26-77(63-84)87-38-15-40-91-89-33-3-7-43-96(89)109-103(87)91/h1-64H. The molecule has 0 atom stereocenters. The van der Waals surface area contributed by atoms with Crippen molar-refractivity contribution in [3.8, 4) is 77.9 Å². The van der Waals surface area contributed by atoms with Crippen LogP contribution in [0.15, 0.2) is 388 Å². The van der Waals surface area contributed by atoms with E-state index in [1.807, 2.05) is 45.3 Å². The van der Waals surface area contributed by atoms with Crippen LogP contribution < -0.4 is 9.80 Å². The fourth-order valence-corrected chi connectivity index (χ4v) is 21.7. The van der Waals surface area contributed by atoms with Crippen LogP contribution in [-0.4, -0.2) is 0 Å². The SMILES string of the molecule is c1cc(-c2ccc3cc(-c4cccc5c4sc4cccc(-c6cccc(N(c7cccc(-c8ccc9ccccc9c8)c7)c7cccc(-c8ccc9sc%10ccccc%10c9c8)c7)c6)c45)ccc3c2)cc(N(c2cccc(-c3cccc4c3sc3ccccc34)c2)c2cccc(-c3cccc4sc5ccccc5c34)c2)c1. The average Bonchev–Trinajstić information content (AvgIpc) is 1.50. The van der Waals surface area contributed by atoms with E-state index in [1.54, 1.807) is 0 Å². The van der Waals surface area contributed by atoms with Crippen molar-refractivity contribution in [2.75, 3.05) is 9.80 Å². The lowest BCUT2D eigenvalue weighted by Gasteiger charge is -2.27. The summed E-state index contributed by atoms with van der Waals surface area (Å²) in [6, 6.07) is 145. The van der Waals surface area contributed by atoms with E-state index in [0.717, 1.165) is 56.4 Å². The Morgan fingerprint density at radius 3 is 1.03 bits per heavy atom. The first-order valence-corrected chi connectivity index (χ1v) is 40.7. The zero-order chi connectivity index (χ0) is 72.3.